The van der Waals surface area contributed by atoms with Gasteiger partial charge in [-0.1, -0.05) is 11.6 Å². The van der Waals surface area contributed by atoms with E-state index in [0.717, 1.165) is 31.9 Å². The Balaban J connectivity index is 2.14. The molecule has 0 bridgehead atoms. The van der Waals surface area contributed by atoms with E-state index in [0.29, 0.717) is 17.7 Å². The first-order valence-corrected chi connectivity index (χ1v) is 6.02. The lowest BCUT2D eigenvalue weighted by atomic mass is 10.3. The van der Waals surface area contributed by atoms with Gasteiger partial charge in [0.15, 0.2) is 0 Å². The molecule has 0 saturated carbocycles. The summed E-state index contributed by atoms with van der Waals surface area (Å²) < 4.78 is 5.07. The van der Waals surface area contributed by atoms with Crippen LogP contribution in [0, 0.1) is 0 Å². The fourth-order valence-corrected chi connectivity index (χ4v) is 2.02. The van der Waals surface area contributed by atoms with Crippen LogP contribution in [-0.2, 0) is 11.3 Å². The first-order chi connectivity index (χ1) is 8.19. The van der Waals surface area contributed by atoms with Crippen molar-refractivity contribution in [3.05, 3.63) is 16.9 Å². The Morgan fingerprint density at radius 1 is 1.29 bits per heavy atom. The van der Waals surface area contributed by atoms with Crippen molar-refractivity contribution in [2.45, 2.75) is 6.61 Å². The van der Waals surface area contributed by atoms with Crippen molar-refractivity contribution in [1.82, 2.24) is 14.9 Å². The number of methoxy groups -OCH3 is 1. The number of piperazine rings is 1. The van der Waals surface area contributed by atoms with Crippen LogP contribution in [-0.4, -0.2) is 55.2 Å². The molecular weight excluding hydrogens is 240 g/mol. The zero-order valence-electron chi connectivity index (χ0n) is 10.2. The molecule has 0 unspecified atom stereocenters. The number of nitrogens with zero attached hydrogens (tertiary/aromatic N) is 4. The van der Waals surface area contributed by atoms with E-state index in [1.807, 2.05) is 0 Å². The lowest BCUT2D eigenvalue weighted by Crippen LogP contribution is -2.45. The van der Waals surface area contributed by atoms with Gasteiger partial charge in [0.1, 0.15) is 5.15 Å². The molecule has 94 valence electrons. The number of likely N-dealkylation sites (N-methyl/N-ethyl adjacent to an activating group) is 1. The van der Waals surface area contributed by atoms with E-state index in [2.05, 4.69) is 26.8 Å². The predicted octanol–water partition coefficient (Wildman–Crippen LogP) is 1.03. The maximum atomic E-state index is 5.99. The van der Waals surface area contributed by atoms with Crippen LogP contribution in [0.2, 0.25) is 5.15 Å². The van der Waals surface area contributed by atoms with Gasteiger partial charge >= 0.3 is 0 Å². The van der Waals surface area contributed by atoms with Crippen LogP contribution in [0.1, 0.15) is 5.69 Å². The SMILES string of the molecule is COCc1cc(Cl)nc(N2CCN(C)CC2)n1. The number of aromatic nitrogens is 2. The molecule has 2 heterocycles. The molecule has 0 radical (unpaired) electrons. The van der Waals surface area contributed by atoms with Gasteiger partial charge in [-0.3, -0.25) is 0 Å². The van der Waals surface area contributed by atoms with E-state index in [1.54, 1.807) is 13.2 Å². The van der Waals surface area contributed by atoms with Gasteiger partial charge in [0, 0.05) is 33.3 Å². The summed E-state index contributed by atoms with van der Waals surface area (Å²) in [6.07, 6.45) is 0. The highest BCUT2D eigenvalue weighted by Gasteiger charge is 2.17. The highest BCUT2D eigenvalue weighted by Crippen LogP contribution is 2.16. The smallest absolute Gasteiger partial charge is 0.227 e. The molecule has 17 heavy (non-hydrogen) atoms. The van der Waals surface area contributed by atoms with E-state index in [9.17, 15) is 0 Å². The molecule has 0 atom stereocenters. The third-order valence-corrected chi connectivity index (χ3v) is 3.01. The van der Waals surface area contributed by atoms with Crippen LogP contribution in [0.5, 0.6) is 0 Å². The van der Waals surface area contributed by atoms with E-state index in [4.69, 9.17) is 16.3 Å². The first kappa shape index (κ1) is 12.5. The van der Waals surface area contributed by atoms with Crippen LogP contribution < -0.4 is 4.90 Å². The van der Waals surface area contributed by atoms with Crippen molar-refractivity contribution < 1.29 is 4.74 Å². The third kappa shape index (κ3) is 3.28. The van der Waals surface area contributed by atoms with Crippen molar-refractivity contribution in [3.8, 4) is 0 Å². The lowest BCUT2D eigenvalue weighted by molar-refractivity contribution is 0.181. The van der Waals surface area contributed by atoms with E-state index in [1.165, 1.54) is 0 Å². The molecule has 0 aromatic carbocycles. The monoisotopic (exact) mass is 256 g/mol. The molecule has 0 aliphatic carbocycles. The van der Waals surface area contributed by atoms with Crippen molar-refractivity contribution in [2.24, 2.45) is 0 Å². The molecule has 1 aliphatic rings. The first-order valence-electron chi connectivity index (χ1n) is 5.65. The van der Waals surface area contributed by atoms with E-state index >= 15 is 0 Å². The number of halogens is 1. The van der Waals surface area contributed by atoms with Crippen LogP contribution in [0.15, 0.2) is 6.07 Å². The fraction of sp³-hybridized carbons (Fsp3) is 0.636. The summed E-state index contributed by atoms with van der Waals surface area (Å²) in [5, 5.41) is 0.473. The summed E-state index contributed by atoms with van der Waals surface area (Å²) in [6.45, 7) is 4.38. The maximum Gasteiger partial charge on any atom is 0.227 e. The van der Waals surface area contributed by atoms with Gasteiger partial charge in [-0.15, -0.1) is 0 Å². The Bertz CT molecular complexity index is 380. The molecule has 1 aromatic rings. The third-order valence-electron chi connectivity index (χ3n) is 2.81. The van der Waals surface area contributed by atoms with Gasteiger partial charge in [0.25, 0.3) is 0 Å². The quantitative estimate of drug-likeness (QED) is 0.756. The van der Waals surface area contributed by atoms with Crippen LogP contribution in [0.3, 0.4) is 0 Å². The molecule has 1 saturated heterocycles. The van der Waals surface area contributed by atoms with Crippen LogP contribution in [0.25, 0.3) is 0 Å². The summed E-state index contributed by atoms with van der Waals surface area (Å²) in [7, 11) is 3.76. The average molecular weight is 257 g/mol. The minimum absolute atomic E-state index is 0.461. The van der Waals surface area contributed by atoms with Gasteiger partial charge in [-0.25, -0.2) is 9.97 Å². The molecular formula is C11H17ClN4O. The van der Waals surface area contributed by atoms with Crippen LogP contribution in [0.4, 0.5) is 5.95 Å². The summed E-state index contributed by atoms with van der Waals surface area (Å²) in [5.74, 6) is 0.706. The molecule has 1 aromatic heterocycles. The standard InChI is InChI=1S/C11H17ClN4O/c1-15-3-5-16(6-4-15)11-13-9(8-17-2)7-10(12)14-11/h7H,3-6,8H2,1-2H3. The minimum atomic E-state index is 0.461. The molecule has 5 nitrogen and oxygen atoms in total. The second-order valence-electron chi connectivity index (χ2n) is 4.21. The van der Waals surface area contributed by atoms with Gasteiger partial charge in [-0.05, 0) is 13.1 Å². The normalized spacial score (nSPS) is 17.5. The average Bonchev–Trinajstić information content (AvgIpc) is 2.29. The predicted molar refractivity (Wildman–Crippen MR) is 67.5 cm³/mol. The largest absolute Gasteiger partial charge is 0.378 e. The fourth-order valence-electron chi connectivity index (χ4n) is 1.82. The second kappa shape index (κ2) is 5.62. The topological polar surface area (TPSA) is 41.5 Å². The molecule has 2 rings (SSSR count). The second-order valence-corrected chi connectivity index (χ2v) is 4.59. The molecule has 0 N–H and O–H groups in total. The number of ether oxygens (including phenoxy) is 1. The van der Waals surface area contributed by atoms with E-state index < -0.39 is 0 Å². The minimum Gasteiger partial charge on any atom is -0.378 e. The highest BCUT2D eigenvalue weighted by atomic mass is 35.5. The number of rotatable bonds is 3. The molecule has 1 aliphatic heterocycles. The zero-order valence-corrected chi connectivity index (χ0v) is 10.9. The van der Waals surface area contributed by atoms with Gasteiger partial charge < -0.3 is 14.5 Å². The molecule has 6 heteroatoms. The summed E-state index contributed by atoms with van der Waals surface area (Å²) >= 11 is 5.99. The van der Waals surface area contributed by atoms with Crippen molar-refractivity contribution >= 4 is 17.5 Å². The summed E-state index contributed by atoms with van der Waals surface area (Å²) in [5.41, 5.74) is 0.821. The summed E-state index contributed by atoms with van der Waals surface area (Å²) in [4.78, 5) is 13.2. The number of hydrogen-bond donors (Lipinski definition) is 0. The van der Waals surface area contributed by atoms with Crippen molar-refractivity contribution in [3.63, 3.8) is 0 Å². The van der Waals surface area contributed by atoms with Gasteiger partial charge in [0.2, 0.25) is 5.95 Å². The number of anilines is 1. The molecule has 1 fully saturated rings. The Labute approximate surface area is 106 Å². The number of hydrogen-bond acceptors (Lipinski definition) is 5. The Morgan fingerprint density at radius 3 is 2.65 bits per heavy atom. The van der Waals surface area contributed by atoms with Gasteiger partial charge in [0.05, 0.1) is 12.3 Å². The lowest BCUT2D eigenvalue weighted by Gasteiger charge is -2.32. The Hall–Kier alpha value is -0.910. The molecule has 0 amide bonds. The Kier molecular flexibility index (Phi) is 4.15. The van der Waals surface area contributed by atoms with E-state index in [-0.39, 0.29) is 0 Å². The highest BCUT2D eigenvalue weighted by molar-refractivity contribution is 6.29. The zero-order chi connectivity index (χ0) is 12.3. The van der Waals surface area contributed by atoms with Gasteiger partial charge in [-0.2, -0.15) is 0 Å². The van der Waals surface area contributed by atoms with Crippen molar-refractivity contribution in [1.29, 1.82) is 0 Å². The Morgan fingerprint density at radius 2 is 2.00 bits per heavy atom. The molecule has 0 spiro atoms. The summed E-state index contributed by atoms with van der Waals surface area (Å²) in [6, 6.07) is 1.74. The maximum absolute atomic E-state index is 5.99. The van der Waals surface area contributed by atoms with Crippen LogP contribution >= 0.6 is 11.6 Å². The van der Waals surface area contributed by atoms with Crippen molar-refractivity contribution in [2.75, 3.05) is 45.2 Å².